The highest BCUT2D eigenvalue weighted by Crippen LogP contribution is 2.34. The van der Waals surface area contributed by atoms with E-state index in [1.807, 2.05) is 0 Å². The predicted octanol–water partition coefficient (Wildman–Crippen LogP) is 1.57. The number of carboxylic acids is 2. The average Bonchev–Trinajstić information content (AvgIpc) is 2.36. The summed E-state index contributed by atoms with van der Waals surface area (Å²) in [6, 6.07) is -1.68. The zero-order valence-corrected chi connectivity index (χ0v) is 12.5. The zero-order chi connectivity index (χ0) is 16.0. The lowest BCUT2D eigenvalue weighted by atomic mass is 9.76. The van der Waals surface area contributed by atoms with E-state index in [1.165, 1.54) is 0 Å². The number of hydrogen-bond donors (Lipinski definition) is 4. The second-order valence-electron chi connectivity index (χ2n) is 6.38. The van der Waals surface area contributed by atoms with Crippen LogP contribution in [0.2, 0.25) is 0 Å². The summed E-state index contributed by atoms with van der Waals surface area (Å²) in [6.45, 7) is 4.38. The van der Waals surface area contributed by atoms with Crippen molar-refractivity contribution >= 4 is 18.0 Å². The monoisotopic (exact) mass is 300 g/mol. The first-order chi connectivity index (χ1) is 9.69. The lowest BCUT2D eigenvalue weighted by Crippen LogP contribution is -2.50. The molecule has 1 rings (SSSR count). The minimum atomic E-state index is -1.23. The van der Waals surface area contributed by atoms with Gasteiger partial charge < -0.3 is 20.8 Å². The minimum absolute atomic E-state index is 0.0481. The predicted molar refractivity (Wildman–Crippen MR) is 76.0 cm³/mol. The second kappa shape index (κ2) is 7.28. The molecule has 1 fully saturated rings. The van der Waals surface area contributed by atoms with Crippen LogP contribution >= 0.6 is 0 Å². The maximum Gasteiger partial charge on any atom is 0.326 e. The van der Waals surface area contributed by atoms with Crippen molar-refractivity contribution in [2.45, 2.75) is 64.5 Å². The van der Waals surface area contributed by atoms with E-state index in [9.17, 15) is 14.4 Å². The topological polar surface area (TPSA) is 116 Å². The Kier molecular flexibility index (Phi) is 5.99. The van der Waals surface area contributed by atoms with Gasteiger partial charge in [0.1, 0.15) is 6.04 Å². The molecule has 2 amide bonds. The third kappa shape index (κ3) is 6.46. The Morgan fingerprint density at radius 2 is 1.76 bits per heavy atom. The van der Waals surface area contributed by atoms with Gasteiger partial charge in [-0.05, 0) is 37.5 Å². The molecule has 0 spiro atoms. The molecule has 0 radical (unpaired) electrons. The molecule has 0 aliphatic heterocycles. The molecule has 1 atom stereocenters. The number of hydrogen-bond acceptors (Lipinski definition) is 3. The van der Waals surface area contributed by atoms with Crippen LogP contribution in [0.15, 0.2) is 0 Å². The van der Waals surface area contributed by atoms with E-state index >= 15 is 0 Å². The Labute approximate surface area is 124 Å². The van der Waals surface area contributed by atoms with E-state index in [0.29, 0.717) is 5.41 Å². The number of carbonyl (C=O) groups is 3. The molecule has 1 saturated carbocycles. The largest absolute Gasteiger partial charge is 0.481 e. The van der Waals surface area contributed by atoms with Gasteiger partial charge in [-0.1, -0.05) is 13.8 Å². The van der Waals surface area contributed by atoms with Crippen LogP contribution in [-0.4, -0.2) is 40.3 Å². The summed E-state index contributed by atoms with van der Waals surface area (Å²) in [5.74, 6) is -2.31. The van der Waals surface area contributed by atoms with Crippen LogP contribution in [0.4, 0.5) is 4.79 Å². The van der Waals surface area contributed by atoms with Crippen LogP contribution in [0, 0.1) is 5.41 Å². The van der Waals surface area contributed by atoms with Crippen molar-refractivity contribution in [3.8, 4) is 0 Å². The number of carbonyl (C=O) groups excluding carboxylic acids is 1. The van der Waals surface area contributed by atoms with Crippen LogP contribution in [0.1, 0.15) is 52.4 Å². The van der Waals surface area contributed by atoms with Crippen molar-refractivity contribution in [2.24, 2.45) is 5.41 Å². The fourth-order valence-corrected chi connectivity index (χ4v) is 2.45. The summed E-state index contributed by atoms with van der Waals surface area (Å²) in [6.07, 6.45) is 3.34. The van der Waals surface area contributed by atoms with E-state index < -0.39 is 24.0 Å². The van der Waals surface area contributed by atoms with Crippen LogP contribution in [0.25, 0.3) is 0 Å². The van der Waals surface area contributed by atoms with Gasteiger partial charge in [-0.2, -0.15) is 0 Å². The fraction of sp³-hybridized carbons (Fsp3) is 0.786. The molecule has 0 aromatic rings. The smallest absolute Gasteiger partial charge is 0.326 e. The fourth-order valence-electron chi connectivity index (χ4n) is 2.45. The molecule has 1 aliphatic rings. The van der Waals surface area contributed by atoms with Crippen molar-refractivity contribution in [1.29, 1.82) is 0 Å². The van der Waals surface area contributed by atoms with Crippen molar-refractivity contribution < 1.29 is 24.6 Å². The first-order valence-electron chi connectivity index (χ1n) is 7.21. The zero-order valence-electron chi connectivity index (χ0n) is 12.5. The SMILES string of the molecule is CC1(C)CCC(NC(=O)NC(CCC(=O)O)C(=O)O)CC1. The van der Waals surface area contributed by atoms with Gasteiger partial charge in [0.05, 0.1) is 0 Å². The summed E-state index contributed by atoms with van der Waals surface area (Å²) in [5.41, 5.74) is 0.291. The lowest BCUT2D eigenvalue weighted by Gasteiger charge is -2.34. The molecule has 0 heterocycles. The minimum Gasteiger partial charge on any atom is -0.481 e. The molecule has 0 saturated heterocycles. The molecule has 7 heteroatoms. The average molecular weight is 300 g/mol. The van der Waals surface area contributed by atoms with Crippen molar-refractivity contribution in [3.63, 3.8) is 0 Å². The number of amides is 2. The Morgan fingerprint density at radius 1 is 1.19 bits per heavy atom. The molecular weight excluding hydrogens is 276 g/mol. The molecule has 0 bridgehead atoms. The van der Waals surface area contributed by atoms with Gasteiger partial charge in [0.15, 0.2) is 0 Å². The highest BCUT2D eigenvalue weighted by Gasteiger charge is 2.28. The van der Waals surface area contributed by atoms with E-state index in [1.54, 1.807) is 0 Å². The van der Waals surface area contributed by atoms with E-state index in [2.05, 4.69) is 24.5 Å². The van der Waals surface area contributed by atoms with E-state index in [4.69, 9.17) is 10.2 Å². The first-order valence-corrected chi connectivity index (χ1v) is 7.21. The first kappa shape index (κ1) is 17.3. The van der Waals surface area contributed by atoms with Crippen molar-refractivity contribution in [2.75, 3.05) is 0 Å². The second-order valence-corrected chi connectivity index (χ2v) is 6.38. The Morgan fingerprint density at radius 3 is 2.24 bits per heavy atom. The summed E-state index contributed by atoms with van der Waals surface area (Å²) < 4.78 is 0. The van der Waals surface area contributed by atoms with Crippen LogP contribution in [-0.2, 0) is 9.59 Å². The van der Waals surface area contributed by atoms with Gasteiger partial charge in [-0.15, -0.1) is 0 Å². The third-order valence-electron chi connectivity index (χ3n) is 3.92. The quantitative estimate of drug-likeness (QED) is 0.594. The van der Waals surface area contributed by atoms with Crippen molar-refractivity contribution in [1.82, 2.24) is 10.6 Å². The van der Waals surface area contributed by atoms with Gasteiger partial charge in [0, 0.05) is 12.5 Å². The van der Waals surface area contributed by atoms with Crippen LogP contribution in [0.5, 0.6) is 0 Å². The molecule has 7 nitrogen and oxygen atoms in total. The highest BCUT2D eigenvalue weighted by molar-refractivity contribution is 5.83. The number of rotatable bonds is 6. The van der Waals surface area contributed by atoms with E-state index in [-0.39, 0.29) is 18.9 Å². The normalized spacial score (nSPS) is 19.5. The standard InChI is InChI=1S/C14H24N2O5/c1-14(2)7-5-9(6-8-14)15-13(21)16-10(12(19)20)3-4-11(17)18/h9-10H,3-8H2,1-2H3,(H,17,18)(H,19,20)(H2,15,16,21). The van der Waals surface area contributed by atoms with Gasteiger partial charge in [-0.3, -0.25) is 4.79 Å². The van der Waals surface area contributed by atoms with E-state index in [0.717, 1.165) is 25.7 Å². The highest BCUT2D eigenvalue weighted by atomic mass is 16.4. The third-order valence-corrected chi connectivity index (χ3v) is 3.92. The molecular formula is C14H24N2O5. The summed E-state index contributed by atoms with van der Waals surface area (Å²) in [4.78, 5) is 33.3. The van der Waals surface area contributed by atoms with Gasteiger partial charge in [0.2, 0.25) is 0 Å². The van der Waals surface area contributed by atoms with Gasteiger partial charge >= 0.3 is 18.0 Å². The molecule has 120 valence electrons. The molecule has 1 aliphatic carbocycles. The Hall–Kier alpha value is -1.79. The molecule has 21 heavy (non-hydrogen) atoms. The van der Waals surface area contributed by atoms with Gasteiger partial charge in [-0.25, -0.2) is 9.59 Å². The number of nitrogens with one attached hydrogen (secondary N) is 2. The van der Waals surface area contributed by atoms with Crippen LogP contribution in [0.3, 0.4) is 0 Å². The molecule has 4 N–H and O–H groups in total. The maximum atomic E-state index is 11.8. The summed E-state index contributed by atoms with van der Waals surface area (Å²) in [7, 11) is 0. The molecule has 0 aromatic heterocycles. The number of urea groups is 1. The molecule has 1 unspecified atom stereocenters. The molecule has 0 aromatic carbocycles. The lowest BCUT2D eigenvalue weighted by molar-refractivity contribution is -0.140. The maximum absolute atomic E-state index is 11.8. The Balaban J connectivity index is 2.40. The van der Waals surface area contributed by atoms with Crippen molar-refractivity contribution in [3.05, 3.63) is 0 Å². The Bertz CT molecular complexity index is 398. The van der Waals surface area contributed by atoms with Gasteiger partial charge in [0.25, 0.3) is 0 Å². The number of aliphatic carboxylic acids is 2. The van der Waals surface area contributed by atoms with Crippen LogP contribution < -0.4 is 10.6 Å². The number of carboxylic acid groups (broad SMARTS) is 2. The summed E-state index contributed by atoms with van der Waals surface area (Å²) in [5, 5.41) is 22.6. The summed E-state index contributed by atoms with van der Waals surface area (Å²) >= 11 is 0.